The van der Waals surface area contributed by atoms with Crippen LogP contribution in [0.25, 0.3) is 0 Å². The monoisotopic (exact) mass is 524 g/mol. The number of guanidine groups is 1. The lowest BCUT2D eigenvalue weighted by Gasteiger charge is -2.26. The van der Waals surface area contributed by atoms with Gasteiger partial charge in [-0.25, -0.2) is 4.99 Å². The lowest BCUT2D eigenvalue weighted by molar-refractivity contribution is 0.0724. The van der Waals surface area contributed by atoms with Crippen LogP contribution in [0.1, 0.15) is 48.5 Å². The van der Waals surface area contributed by atoms with Crippen LogP contribution in [0.2, 0.25) is 0 Å². The van der Waals surface area contributed by atoms with Crippen LogP contribution in [-0.4, -0.2) is 52.7 Å². The highest BCUT2D eigenvalue weighted by molar-refractivity contribution is 14.0. The molecule has 0 atom stereocenters. The van der Waals surface area contributed by atoms with E-state index in [0.29, 0.717) is 6.54 Å². The van der Waals surface area contributed by atoms with E-state index in [9.17, 15) is 4.79 Å². The number of carbonyl (C=O) groups excluding carboxylic acids is 1. The minimum atomic E-state index is 0. The Morgan fingerprint density at radius 3 is 2.57 bits per heavy atom. The number of piperidine rings is 1. The van der Waals surface area contributed by atoms with E-state index in [2.05, 4.69) is 27.6 Å². The SMILES string of the molecule is CCNC(=NCc1ccc(C(=O)N2CCCCC2)cc1)NCCCn1cccn1.I. The Hall–Kier alpha value is -2.10. The van der Waals surface area contributed by atoms with Crippen LogP contribution in [0, 0.1) is 0 Å². The molecule has 2 heterocycles. The Kier molecular flexibility index (Phi) is 10.7. The first-order valence-electron chi connectivity index (χ1n) is 10.6. The third-order valence-corrected chi connectivity index (χ3v) is 5.02. The second kappa shape index (κ2) is 13.3. The van der Waals surface area contributed by atoms with Gasteiger partial charge in [0.1, 0.15) is 0 Å². The smallest absolute Gasteiger partial charge is 0.253 e. The molecule has 2 aromatic rings. The summed E-state index contributed by atoms with van der Waals surface area (Å²) >= 11 is 0. The van der Waals surface area contributed by atoms with Gasteiger partial charge in [-0.15, -0.1) is 24.0 Å². The highest BCUT2D eigenvalue weighted by Gasteiger charge is 2.17. The van der Waals surface area contributed by atoms with E-state index in [1.165, 1.54) is 6.42 Å². The molecular formula is C22H33IN6O. The van der Waals surface area contributed by atoms with Crippen molar-refractivity contribution in [3.8, 4) is 0 Å². The van der Waals surface area contributed by atoms with Crippen LogP contribution >= 0.6 is 24.0 Å². The maximum absolute atomic E-state index is 12.6. The summed E-state index contributed by atoms with van der Waals surface area (Å²) in [5, 5.41) is 10.8. The molecule has 30 heavy (non-hydrogen) atoms. The summed E-state index contributed by atoms with van der Waals surface area (Å²) < 4.78 is 1.93. The van der Waals surface area contributed by atoms with Crippen molar-refractivity contribution in [2.75, 3.05) is 26.2 Å². The Morgan fingerprint density at radius 1 is 1.13 bits per heavy atom. The third kappa shape index (κ3) is 7.62. The number of aliphatic imine (C=N–C) groups is 1. The second-order valence-corrected chi connectivity index (χ2v) is 7.29. The van der Waals surface area contributed by atoms with E-state index in [4.69, 9.17) is 0 Å². The molecule has 2 N–H and O–H groups in total. The van der Waals surface area contributed by atoms with E-state index in [0.717, 1.165) is 69.1 Å². The molecule has 0 radical (unpaired) electrons. The molecule has 0 spiro atoms. The van der Waals surface area contributed by atoms with Gasteiger partial charge in [0.25, 0.3) is 5.91 Å². The van der Waals surface area contributed by atoms with E-state index >= 15 is 0 Å². The predicted molar refractivity (Wildman–Crippen MR) is 131 cm³/mol. The lowest BCUT2D eigenvalue weighted by Crippen LogP contribution is -2.38. The summed E-state index contributed by atoms with van der Waals surface area (Å²) in [6.45, 7) is 6.91. The lowest BCUT2D eigenvalue weighted by atomic mass is 10.1. The summed E-state index contributed by atoms with van der Waals surface area (Å²) in [4.78, 5) is 19.2. The average molecular weight is 524 g/mol. The van der Waals surface area contributed by atoms with Crippen LogP contribution < -0.4 is 10.6 Å². The van der Waals surface area contributed by atoms with E-state index in [1.54, 1.807) is 6.20 Å². The van der Waals surface area contributed by atoms with Gasteiger partial charge in [0, 0.05) is 50.7 Å². The molecule has 8 heteroatoms. The van der Waals surface area contributed by atoms with Gasteiger partial charge in [0.05, 0.1) is 6.54 Å². The summed E-state index contributed by atoms with van der Waals surface area (Å²) in [6, 6.07) is 9.78. The molecule has 1 aliphatic heterocycles. The van der Waals surface area contributed by atoms with Gasteiger partial charge in [0.15, 0.2) is 5.96 Å². The number of nitrogens with zero attached hydrogens (tertiary/aromatic N) is 4. The van der Waals surface area contributed by atoms with Crippen molar-refractivity contribution in [3.05, 3.63) is 53.9 Å². The highest BCUT2D eigenvalue weighted by atomic mass is 127. The fourth-order valence-corrected chi connectivity index (χ4v) is 3.42. The summed E-state index contributed by atoms with van der Waals surface area (Å²) in [6.07, 6.45) is 8.19. The van der Waals surface area contributed by atoms with Crippen molar-refractivity contribution in [1.29, 1.82) is 0 Å². The molecule has 1 saturated heterocycles. The van der Waals surface area contributed by atoms with Crippen molar-refractivity contribution >= 4 is 35.8 Å². The summed E-state index contributed by atoms with van der Waals surface area (Å²) in [5.74, 6) is 0.952. The molecule has 1 fully saturated rings. The second-order valence-electron chi connectivity index (χ2n) is 7.29. The Morgan fingerprint density at radius 2 is 1.90 bits per heavy atom. The number of aryl methyl sites for hydroxylation is 1. The molecule has 1 aromatic heterocycles. The highest BCUT2D eigenvalue weighted by Crippen LogP contribution is 2.14. The van der Waals surface area contributed by atoms with Gasteiger partial charge in [-0.2, -0.15) is 5.10 Å². The van der Waals surface area contributed by atoms with Crippen molar-refractivity contribution in [2.24, 2.45) is 4.99 Å². The molecule has 0 saturated carbocycles. The van der Waals surface area contributed by atoms with E-state index in [1.807, 2.05) is 46.1 Å². The number of hydrogen-bond acceptors (Lipinski definition) is 3. The average Bonchev–Trinajstić information content (AvgIpc) is 3.29. The Bertz CT molecular complexity index is 769. The molecule has 164 valence electrons. The zero-order valence-electron chi connectivity index (χ0n) is 17.7. The summed E-state index contributed by atoms with van der Waals surface area (Å²) in [7, 11) is 0. The quantitative estimate of drug-likeness (QED) is 0.241. The zero-order valence-corrected chi connectivity index (χ0v) is 20.0. The summed E-state index contributed by atoms with van der Waals surface area (Å²) in [5.41, 5.74) is 1.86. The largest absolute Gasteiger partial charge is 0.357 e. The first-order chi connectivity index (χ1) is 14.3. The number of likely N-dealkylation sites (tertiary alicyclic amines) is 1. The molecule has 1 aliphatic rings. The molecule has 0 unspecified atom stereocenters. The standard InChI is InChI=1S/C22H32N6O.HI/c1-2-23-22(24-12-6-16-28-17-7-13-26-28)25-18-19-8-10-20(11-9-19)21(29)27-14-4-3-5-15-27;/h7-11,13,17H,2-6,12,14-16,18H2,1H3,(H2,23,24,25);1H. The molecule has 3 rings (SSSR count). The number of rotatable bonds is 8. The van der Waals surface area contributed by atoms with Gasteiger partial charge in [-0.05, 0) is 56.4 Å². The van der Waals surface area contributed by atoms with Crippen molar-refractivity contribution in [3.63, 3.8) is 0 Å². The number of halogens is 1. The van der Waals surface area contributed by atoms with E-state index in [-0.39, 0.29) is 29.9 Å². The molecular weight excluding hydrogens is 491 g/mol. The van der Waals surface area contributed by atoms with Crippen LogP contribution in [0.4, 0.5) is 0 Å². The topological polar surface area (TPSA) is 74.6 Å². The van der Waals surface area contributed by atoms with Crippen LogP contribution in [0.3, 0.4) is 0 Å². The van der Waals surface area contributed by atoms with Gasteiger partial charge >= 0.3 is 0 Å². The van der Waals surface area contributed by atoms with Gasteiger partial charge in [-0.3, -0.25) is 9.48 Å². The molecule has 1 amide bonds. The van der Waals surface area contributed by atoms with Crippen molar-refractivity contribution in [2.45, 2.75) is 45.7 Å². The number of nitrogens with one attached hydrogen (secondary N) is 2. The minimum Gasteiger partial charge on any atom is -0.357 e. The Balaban J connectivity index is 0.00000320. The molecule has 0 bridgehead atoms. The van der Waals surface area contributed by atoms with Crippen molar-refractivity contribution in [1.82, 2.24) is 25.3 Å². The normalized spacial score (nSPS) is 14.2. The number of amides is 1. The minimum absolute atomic E-state index is 0. The van der Waals surface area contributed by atoms with Gasteiger partial charge in [0.2, 0.25) is 0 Å². The van der Waals surface area contributed by atoms with E-state index < -0.39 is 0 Å². The maximum Gasteiger partial charge on any atom is 0.253 e. The molecule has 1 aromatic carbocycles. The third-order valence-electron chi connectivity index (χ3n) is 5.02. The maximum atomic E-state index is 12.6. The predicted octanol–water partition coefficient (Wildman–Crippen LogP) is 3.27. The van der Waals surface area contributed by atoms with Crippen LogP contribution in [-0.2, 0) is 13.1 Å². The number of aromatic nitrogens is 2. The first-order valence-corrected chi connectivity index (χ1v) is 10.6. The van der Waals surface area contributed by atoms with Crippen molar-refractivity contribution < 1.29 is 4.79 Å². The van der Waals surface area contributed by atoms with Crippen LogP contribution in [0.5, 0.6) is 0 Å². The molecule has 0 aliphatic carbocycles. The Labute approximate surface area is 196 Å². The fourth-order valence-electron chi connectivity index (χ4n) is 3.42. The number of carbonyl (C=O) groups is 1. The van der Waals surface area contributed by atoms with Gasteiger partial charge < -0.3 is 15.5 Å². The fraction of sp³-hybridized carbons (Fsp3) is 0.500. The van der Waals surface area contributed by atoms with Gasteiger partial charge in [-0.1, -0.05) is 12.1 Å². The number of benzene rings is 1. The zero-order chi connectivity index (χ0) is 20.3. The van der Waals surface area contributed by atoms with Crippen LogP contribution in [0.15, 0.2) is 47.7 Å². The molecule has 7 nitrogen and oxygen atoms in total. The first kappa shape index (κ1) is 24.2. The number of hydrogen-bond donors (Lipinski definition) is 2.